The van der Waals surface area contributed by atoms with Gasteiger partial charge < -0.3 is 10.1 Å². The number of rotatable bonds is 4. The van der Waals surface area contributed by atoms with Crippen molar-refractivity contribution in [3.05, 3.63) is 42.5 Å². The molecule has 1 N–H and O–H groups in total. The van der Waals surface area contributed by atoms with E-state index < -0.39 is 16.1 Å². The molecule has 0 bridgehead atoms. The molecule has 0 saturated carbocycles. The second kappa shape index (κ2) is 6.57. The second-order valence-corrected chi connectivity index (χ2v) is 7.04. The molecule has 0 amide bonds. The van der Waals surface area contributed by atoms with Crippen molar-refractivity contribution in [2.45, 2.75) is 6.04 Å². The molecule has 2 aromatic heterocycles. The summed E-state index contributed by atoms with van der Waals surface area (Å²) < 4.78 is 30.6. The molecule has 9 heteroatoms. The fourth-order valence-electron chi connectivity index (χ4n) is 2.36. The zero-order valence-corrected chi connectivity index (χ0v) is 13.4. The highest BCUT2D eigenvalue weighted by atomic mass is 32.2. The third-order valence-electron chi connectivity index (χ3n) is 3.40. The van der Waals surface area contributed by atoms with E-state index in [1.165, 1.54) is 10.6 Å². The fraction of sp³-hybridized carbons (Fsp3) is 0.357. The van der Waals surface area contributed by atoms with E-state index in [0.717, 1.165) is 0 Å². The Morgan fingerprint density at radius 2 is 2.09 bits per heavy atom. The Bertz CT molecular complexity index is 769. The number of pyridine rings is 1. The summed E-state index contributed by atoms with van der Waals surface area (Å²) in [5.41, 5.74) is 0. The zero-order chi connectivity index (χ0) is 16.3. The van der Waals surface area contributed by atoms with E-state index in [0.29, 0.717) is 30.6 Å². The van der Waals surface area contributed by atoms with Gasteiger partial charge in [-0.1, -0.05) is 6.07 Å². The molecule has 1 saturated heterocycles. The van der Waals surface area contributed by atoms with Crippen molar-refractivity contribution >= 4 is 21.7 Å². The molecule has 1 fully saturated rings. The number of nitrogens with zero attached hydrogens (tertiary/aromatic N) is 4. The van der Waals surface area contributed by atoms with Gasteiger partial charge in [0, 0.05) is 18.9 Å². The predicted molar refractivity (Wildman–Crippen MR) is 84.7 cm³/mol. The van der Waals surface area contributed by atoms with Crippen molar-refractivity contribution < 1.29 is 13.2 Å². The summed E-state index contributed by atoms with van der Waals surface area (Å²) in [7, 11) is -3.35. The van der Waals surface area contributed by atoms with Crippen LogP contribution in [0.1, 0.15) is 11.9 Å². The smallest absolute Gasteiger partial charge is 0.212 e. The molecular formula is C14H17N5O3S. The number of sulfonamides is 1. The highest BCUT2D eigenvalue weighted by molar-refractivity contribution is 7.88. The highest BCUT2D eigenvalue weighted by Crippen LogP contribution is 2.24. The van der Waals surface area contributed by atoms with E-state index in [1.54, 1.807) is 18.5 Å². The van der Waals surface area contributed by atoms with Crippen LogP contribution >= 0.6 is 0 Å². The van der Waals surface area contributed by atoms with Crippen molar-refractivity contribution in [2.24, 2.45) is 0 Å². The zero-order valence-electron chi connectivity index (χ0n) is 12.6. The van der Waals surface area contributed by atoms with Gasteiger partial charge in [-0.2, -0.15) is 4.31 Å². The Morgan fingerprint density at radius 1 is 1.22 bits per heavy atom. The minimum absolute atomic E-state index is 0.236. The molecule has 1 unspecified atom stereocenters. The van der Waals surface area contributed by atoms with Crippen molar-refractivity contribution in [2.75, 3.05) is 31.3 Å². The van der Waals surface area contributed by atoms with Gasteiger partial charge in [-0.3, -0.25) is 0 Å². The van der Waals surface area contributed by atoms with Gasteiger partial charge in [-0.05, 0) is 18.2 Å². The molecular weight excluding hydrogens is 318 g/mol. The van der Waals surface area contributed by atoms with Crippen LogP contribution < -0.4 is 5.32 Å². The summed E-state index contributed by atoms with van der Waals surface area (Å²) in [5.74, 6) is 1.60. The topological polar surface area (TPSA) is 97.3 Å². The van der Waals surface area contributed by atoms with Gasteiger partial charge in [-0.25, -0.2) is 23.4 Å². The second-order valence-electron chi connectivity index (χ2n) is 5.10. The Kier molecular flexibility index (Phi) is 4.51. The number of hydrogen-bond acceptors (Lipinski definition) is 7. The number of ether oxygens (including phenoxy) is 1. The predicted octanol–water partition coefficient (Wildman–Crippen LogP) is 0.948. The van der Waals surface area contributed by atoms with Crippen LogP contribution in [0.4, 0.5) is 11.6 Å². The van der Waals surface area contributed by atoms with Crippen molar-refractivity contribution in [1.82, 2.24) is 19.3 Å². The molecule has 1 aliphatic rings. The van der Waals surface area contributed by atoms with E-state index in [1.807, 2.05) is 18.2 Å². The van der Waals surface area contributed by atoms with Crippen LogP contribution in [0.2, 0.25) is 0 Å². The van der Waals surface area contributed by atoms with Crippen LogP contribution in [0.25, 0.3) is 0 Å². The molecule has 23 heavy (non-hydrogen) atoms. The lowest BCUT2D eigenvalue weighted by atomic mass is 10.2. The summed E-state index contributed by atoms with van der Waals surface area (Å²) in [5, 5.41) is 3.07. The molecule has 2 aromatic rings. The molecule has 0 spiro atoms. The lowest BCUT2D eigenvalue weighted by Gasteiger charge is -2.32. The number of aromatic nitrogens is 3. The Labute approximate surface area is 134 Å². The third kappa shape index (κ3) is 3.81. The largest absolute Gasteiger partial charge is 0.378 e. The lowest BCUT2D eigenvalue weighted by Crippen LogP contribution is -2.43. The Hall–Kier alpha value is -2.10. The summed E-state index contributed by atoms with van der Waals surface area (Å²) in [6, 6.07) is 6.67. The van der Waals surface area contributed by atoms with Gasteiger partial charge in [0.1, 0.15) is 17.7 Å². The molecule has 8 nitrogen and oxygen atoms in total. The molecule has 0 aromatic carbocycles. The molecule has 3 heterocycles. The van der Waals surface area contributed by atoms with Gasteiger partial charge in [0.25, 0.3) is 0 Å². The first kappa shape index (κ1) is 15.8. The average Bonchev–Trinajstić information content (AvgIpc) is 2.55. The summed E-state index contributed by atoms with van der Waals surface area (Å²) in [6.07, 6.45) is 4.44. The molecule has 0 aliphatic carbocycles. The Morgan fingerprint density at radius 3 is 2.83 bits per heavy atom. The Balaban J connectivity index is 1.86. The lowest BCUT2D eigenvalue weighted by molar-refractivity contribution is 0.0293. The molecule has 122 valence electrons. The molecule has 1 atom stereocenters. The quantitative estimate of drug-likeness (QED) is 0.888. The van der Waals surface area contributed by atoms with Crippen LogP contribution in [0.5, 0.6) is 0 Å². The van der Waals surface area contributed by atoms with Gasteiger partial charge in [0.2, 0.25) is 10.0 Å². The molecule has 1 aliphatic heterocycles. The van der Waals surface area contributed by atoms with E-state index in [-0.39, 0.29) is 6.61 Å². The third-order valence-corrected chi connectivity index (χ3v) is 4.69. The van der Waals surface area contributed by atoms with E-state index in [2.05, 4.69) is 20.3 Å². The number of hydrogen-bond donors (Lipinski definition) is 1. The van der Waals surface area contributed by atoms with E-state index >= 15 is 0 Å². The SMILES string of the molecule is CS(=O)(=O)N1CCOCC1c1nccc(Nc2ccccn2)n1. The maximum absolute atomic E-state index is 11.9. The van der Waals surface area contributed by atoms with Crippen molar-refractivity contribution in [3.63, 3.8) is 0 Å². The molecule has 3 rings (SSSR count). The van der Waals surface area contributed by atoms with Gasteiger partial charge >= 0.3 is 0 Å². The monoisotopic (exact) mass is 335 g/mol. The first-order valence-electron chi connectivity index (χ1n) is 7.09. The van der Waals surface area contributed by atoms with Crippen LogP contribution in [0, 0.1) is 0 Å². The van der Waals surface area contributed by atoms with Gasteiger partial charge in [0.05, 0.1) is 19.5 Å². The standard InChI is InChI=1S/C14H17N5O3S/c1-23(20,21)19-8-9-22-10-11(19)14-16-7-5-13(18-14)17-12-4-2-3-6-15-12/h2-7,11H,8-10H2,1H3,(H,15,16,17,18). The molecule has 0 radical (unpaired) electrons. The summed E-state index contributed by atoms with van der Waals surface area (Å²) >= 11 is 0. The van der Waals surface area contributed by atoms with Crippen molar-refractivity contribution in [3.8, 4) is 0 Å². The van der Waals surface area contributed by atoms with Crippen LogP contribution in [-0.4, -0.2) is 53.7 Å². The number of morpholine rings is 1. The normalized spacial score (nSPS) is 19.4. The maximum Gasteiger partial charge on any atom is 0.212 e. The summed E-state index contributed by atoms with van der Waals surface area (Å²) in [6.45, 7) is 0.903. The minimum atomic E-state index is -3.35. The highest BCUT2D eigenvalue weighted by Gasteiger charge is 2.33. The van der Waals surface area contributed by atoms with Gasteiger partial charge in [-0.15, -0.1) is 0 Å². The van der Waals surface area contributed by atoms with Gasteiger partial charge in [0.15, 0.2) is 5.82 Å². The first-order valence-corrected chi connectivity index (χ1v) is 8.94. The van der Waals surface area contributed by atoms with E-state index in [4.69, 9.17) is 4.74 Å². The number of anilines is 2. The van der Waals surface area contributed by atoms with Crippen molar-refractivity contribution in [1.29, 1.82) is 0 Å². The minimum Gasteiger partial charge on any atom is -0.378 e. The van der Waals surface area contributed by atoms with E-state index in [9.17, 15) is 8.42 Å². The number of nitrogens with one attached hydrogen (secondary N) is 1. The van der Waals surface area contributed by atoms with Crippen LogP contribution in [0.15, 0.2) is 36.7 Å². The van der Waals surface area contributed by atoms with Crippen LogP contribution in [-0.2, 0) is 14.8 Å². The van der Waals surface area contributed by atoms with Crippen LogP contribution in [0.3, 0.4) is 0 Å². The summed E-state index contributed by atoms with van der Waals surface area (Å²) in [4.78, 5) is 12.8. The maximum atomic E-state index is 11.9. The first-order chi connectivity index (χ1) is 11.0. The fourth-order valence-corrected chi connectivity index (χ4v) is 3.38. The average molecular weight is 335 g/mol.